The van der Waals surface area contributed by atoms with Crippen molar-refractivity contribution in [1.29, 1.82) is 0 Å². The van der Waals surface area contributed by atoms with Gasteiger partial charge in [0.05, 0.1) is 6.10 Å². The molecule has 3 atom stereocenters. The highest BCUT2D eigenvalue weighted by molar-refractivity contribution is 7.86. The van der Waals surface area contributed by atoms with Crippen LogP contribution in [0.2, 0.25) is 0 Å². The zero-order valence-electron chi connectivity index (χ0n) is 12.0. The Morgan fingerprint density at radius 1 is 1.26 bits per heavy atom. The largest absolute Gasteiger partial charge is 0.393 e. The predicted molar refractivity (Wildman–Crippen MR) is 74.9 cm³/mol. The molecule has 6 heteroatoms. The van der Waals surface area contributed by atoms with E-state index in [9.17, 15) is 13.5 Å². The number of aliphatic hydroxyl groups excluding tert-OH is 1. The molecule has 19 heavy (non-hydrogen) atoms. The summed E-state index contributed by atoms with van der Waals surface area (Å²) >= 11 is 0. The first-order chi connectivity index (χ1) is 8.91. The Labute approximate surface area is 116 Å². The summed E-state index contributed by atoms with van der Waals surface area (Å²) in [6.45, 7) is 3.79. The van der Waals surface area contributed by atoms with Gasteiger partial charge in [-0.2, -0.15) is 17.0 Å². The fraction of sp³-hybridized carbons (Fsp3) is 1.00. The zero-order valence-corrected chi connectivity index (χ0v) is 12.8. The summed E-state index contributed by atoms with van der Waals surface area (Å²) in [5.41, 5.74) is 0. The van der Waals surface area contributed by atoms with E-state index in [0.29, 0.717) is 25.6 Å². The van der Waals surface area contributed by atoms with Gasteiger partial charge in [0.25, 0.3) is 10.2 Å². The minimum absolute atomic E-state index is 0.0991. The molecule has 5 nitrogen and oxygen atoms in total. The maximum atomic E-state index is 12.5. The highest BCUT2D eigenvalue weighted by atomic mass is 32.2. The Hall–Kier alpha value is -0.170. The molecule has 0 aromatic rings. The average Bonchev–Trinajstić information content (AvgIpc) is 2.75. The molecular weight excluding hydrogens is 264 g/mol. The van der Waals surface area contributed by atoms with Crippen molar-refractivity contribution < 1.29 is 13.5 Å². The molecule has 1 N–H and O–H groups in total. The van der Waals surface area contributed by atoms with Crippen LogP contribution >= 0.6 is 0 Å². The molecule has 1 saturated carbocycles. The number of aliphatic hydroxyl groups is 1. The second kappa shape index (κ2) is 6.08. The molecule has 2 fully saturated rings. The minimum Gasteiger partial charge on any atom is -0.393 e. The van der Waals surface area contributed by atoms with E-state index in [0.717, 1.165) is 32.1 Å². The fourth-order valence-electron chi connectivity index (χ4n) is 3.21. The van der Waals surface area contributed by atoms with Crippen molar-refractivity contribution in [2.45, 2.75) is 45.1 Å². The van der Waals surface area contributed by atoms with E-state index in [1.54, 1.807) is 11.4 Å². The summed E-state index contributed by atoms with van der Waals surface area (Å²) in [6.07, 6.45) is 4.45. The van der Waals surface area contributed by atoms with Crippen LogP contribution in [0.4, 0.5) is 0 Å². The van der Waals surface area contributed by atoms with Crippen molar-refractivity contribution in [3.05, 3.63) is 0 Å². The van der Waals surface area contributed by atoms with Gasteiger partial charge in [-0.15, -0.1) is 0 Å². The Balaban J connectivity index is 1.98. The first-order valence-electron chi connectivity index (χ1n) is 7.30. The van der Waals surface area contributed by atoms with Crippen molar-refractivity contribution in [2.75, 3.05) is 26.7 Å². The predicted octanol–water partition coefficient (Wildman–Crippen LogP) is 1.06. The Bertz CT molecular complexity index is 399. The Morgan fingerprint density at radius 3 is 2.58 bits per heavy atom. The first-order valence-corrected chi connectivity index (χ1v) is 8.70. The molecule has 2 aliphatic rings. The number of hydrogen-bond acceptors (Lipinski definition) is 3. The van der Waals surface area contributed by atoms with Crippen molar-refractivity contribution in [3.63, 3.8) is 0 Å². The number of rotatable bonds is 4. The van der Waals surface area contributed by atoms with Crippen LogP contribution in [0.5, 0.6) is 0 Å². The lowest BCUT2D eigenvalue weighted by molar-refractivity contribution is 0.121. The molecule has 1 saturated heterocycles. The van der Waals surface area contributed by atoms with Crippen LogP contribution in [0.1, 0.15) is 39.0 Å². The smallest absolute Gasteiger partial charge is 0.281 e. The van der Waals surface area contributed by atoms with E-state index < -0.39 is 10.2 Å². The van der Waals surface area contributed by atoms with E-state index in [-0.39, 0.29) is 12.0 Å². The second-order valence-electron chi connectivity index (χ2n) is 6.15. The van der Waals surface area contributed by atoms with Crippen molar-refractivity contribution in [1.82, 2.24) is 8.61 Å². The lowest BCUT2D eigenvalue weighted by atomic mass is 10.0. The van der Waals surface area contributed by atoms with Crippen molar-refractivity contribution in [2.24, 2.45) is 11.8 Å². The SMILES string of the molecule is CC1CCCN(S(=O)(=O)N(C)CC2CCCC2O)C1. The van der Waals surface area contributed by atoms with Crippen LogP contribution in [-0.2, 0) is 10.2 Å². The van der Waals surface area contributed by atoms with Gasteiger partial charge in [-0.1, -0.05) is 13.3 Å². The third-order valence-corrected chi connectivity index (χ3v) is 6.37. The lowest BCUT2D eigenvalue weighted by Crippen LogP contribution is -2.47. The van der Waals surface area contributed by atoms with Gasteiger partial charge in [0, 0.05) is 26.7 Å². The Kier molecular flexibility index (Phi) is 4.87. The van der Waals surface area contributed by atoms with Gasteiger partial charge >= 0.3 is 0 Å². The van der Waals surface area contributed by atoms with Crippen LogP contribution in [0.15, 0.2) is 0 Å². The molecule has 0 amide bonds. The van der Waals surface area contributed by atoms with E-state index in [4.69, 9.17) is 0 Å². The molecule has 1 aliphatic heterocycles. The summed E-state index contributed by atoms with van der Waals surface area (Å²) in [7, 11) is -1.71. The normalized spacial score (nSPS) is 34.0. The highest BCUT2D eigenvalue weighted by Gasteiger charge is 2.34. The molecule has 0 bridgehead atoms. The van der Waals surface area contributed by atoms with Crippen LogP contribution in [0.3, 0.4) is 0 Å². The summed E-state index contributed by atoms with van der Waals surface area (Å²) in [6, 6.07) is 0. The van der Waals surface area contributed by atoms with Crippen LogP contribution in [0.25, 0.3) is 0 Å². The molecule has 0 spiro atoms. The number of nitrogens with zero attached hydrogens (tertiary/aromatic N) is 2. The summed E-state index contributed by atoms with van der Waals surface area (Å²) in [5, 5.41) is 9.82. The quantitative estimate of drug-likeness (QED) is 0.842. The van der Waals surface area contributed by atoms with Gasteiger partial charge in [0.15, 0.2) is 0 Å². The van der Waals surface area contributed by atoms with E-state index in [2.05, 4.69) is 6.92 Å². The van der Waals surface area contributed by atoms with Gasteiger partial charge in [0.2, 0.25) is 0 Å². The van der Waals surface area contributed by atoms with Crippen molar-refractivity contribution in [3.8, 4) is 0 Å². The van der Waals surface area contributed by atoms with E-state index in [1.807, 2.05) is 0 Å². The molecule has 0 radical (unpaired) electrons. The molecule has 0 aromatic carbocycles. The molecular formula is C13H26N2O3S. The van der Waals surface area contributed by atoms with E-state index in [1.165, 1.54) is 4.31 Å². The fourth-order valence-corrected chi connectivity index (χ4v) is 4.78. The van der Waals surface area contributed by atoms with Crippen LogP contribution < -0.4 is 0 Å². The lowest BCUT2D eigenvalue weighted by Gasteiger charge is -2.34. The molecule has 1 aliphatic carbocycles. The molecule has 2 rings (SSSR count). The van der Waals surface area contributed by atoms with Gasteiger partial charge in [-0.05, 0) is 37.5 Å². The van der Waals surface area contributed by atoms with Gasteiger partial charge < -0.3 is 5.11 Å². The van der Waals surface area contributed by atoms with E-state index >= 15 is 0 Å². The Morgan fingerprint density at radius 2 is 2.00 bits per heavy atom. The molecule has 1 heterocycles. The molecule has 112 valence electrons. The van der Waals surface area contributed by atoms with Gasteiger partial charge in [0.1, 0.15) is 0 Å². The minimum atomic E-state index is -3.35. The molecule has 0 aromatic heterocycles. The highest BCUT2D eigenvalue weighted by Crippen LogP contribution is 2.27. The second-order valence-corrected chi connectivity index (χ2v) is 8.19. The van der Waals surface area contributed by atoms with Crippen LogP contribution in [-0.4, -0.2) is 54.9 Å². The maximum Gasteiger partial charge on any atom is 0.281 e. The first kappa shape index (κ1) is 15.2. The monoisotopic (exact) mass is 290 g/mol. The standard InChI is InChI=1S/C13H26N2O3S/c1-11-5-4-8-15(9-11)19(17,18)14(2)10-12-6-3-7-13(12)16/h11-13,16H,3-10H2,1-2H3. The maximum absolute atomic E-state index is 12.5. The third kappa shape index (κ3) is 3.48. The number of piperidine rings is 1. The van der Waals surface area contributed by atoms with Gasteiger partial charge in [-0.25, -0.2) is 0 Å². The third-order valence-electron chi connectivity index (χ3n) is 4.45. The summed E-state index contributed by atoms with van der Waals surface area (Å²) < 4.78 is 28.0. The average molecular weight is 290 g/mol. The summed E-state index contributed by atoms with van der Waals surface area (Å²) in [5.74, 6) is 0.538. The van der Waals surface area contributed by atoms with Crippen molar-refractivity contribution >= 4 is 10.2 Å². The van der Waals surface area contributed by atoms with Gasteiger partial charge in [-0.3, -0.25) is 0 Å². The number of hydrogen-bond donors (Lipinski definition) is 1. The zero-order chi connectivity index (χ0) is 14.0. The molecule has 3 unspecified atom stereocenters. The topological polar surface area (TPSA) is 60.9 Å². The summed E-state index contributed by atoms with van der Waals surface area (Å²) in [4.78, 5) is 0. The van der Waals surface area contributed by atoms with Crippen LogP contribution in [0, 0.1) is 11.8 Å².